The van der Waals surface area contributed by atoms with Gasteiger partial charge in [-0.1, -0.05) is 12.1 Å². The third kappa shape index (κ3) is 6.13. The van der Waals surface area contributed by atoms with Crippen molar-refractivity contribution in [1.29, 1.82) is 0 Å². The minimum atomic E-state index is -0.620. The molecule has 0 bridgehead atoms. The SMILES string of the molecule is CNC(=O)[C@@H](C)N(Cc1ccc(OC)cc1)C(=O)COc1ccc(I)cc1. The fraction of sp³-hybridized carbons (Fsp3) is 0.300. The monoisotopic (exact) mass is 482 g/mol. The molecule has 7 heteroatoms. The first kappa shape index (κ1) is 21.0. The van der Waals surface area contributed by atoms with Crippen molar-refractivity contribution in [1.82, 2.24) is 10.2 Å². The lowest BCUT2D eigenvalue weighted by Crippen LogP contribution is -2.48. The number of ether oxygens (including phenoxy) is 2. The molecule has 2 aromatic carbocycles. The van der Waals surface area contributed by atoms with Crippen LogP contribution in [0.5, 0.6) is 11.5 Å². The highest BCUT2D eigenvalue weighted by Gasteiger charge is 2.25. The number of likely N-dealkylation sites (N-methyl/N-ethyl adjacent to an activating group) is 1. The average Bonchev–Trinajstić information content (AvgIpc) is 2.70. The van der Waals surface area contributed by atoms with Crippen LogP contribution in [0.15, 0.2) is 48.5 Å². The molecular formula is C20H23IN2O4. The summed E-state index contributed by atoms with van der Waals surface area (Å²) in [5.74, 6) is 0.852. The second-order valence-corrected chi connectivity index (χ2v) is 7.15. The standard InChI is InChI=1S/C20H23IN2O4/c1-14(20(25)22-2)23(12-15-4-8-17(26-3)9-5-15)19(24)13-27-18-10-6-16(21)7-11-18/h4-11,14H,12-13H2,1-3H3,(H,22,25)/t14-/m1/s1. The van der Waals surface area contributed by atoms with E-state index in [1.807, 2.05) is 48.5 Å². The van der Waals surface area contributed by atoms with Crippen LogP contribution in [0.25, 0.3) is 0 Å². The highest BCUT2D eigenvalue weighted by atomic mass is 127. The maximum atomic E-state index is 12.8. The van der Waals surface area contributed by atoms with E-state index in [0.717, 1.165) is 14.9 Å². The summed E-state index contributed by atoms with van der Waals surface area (Å²) in [6.07, 6.45) is 0. The number of nitrogens with zero attached hydrogens (tertiary/aromatic N) is 1. The van der Waals surface area contributed by atoms with Crippen LogP contribution in [0.4, 0.5) is 0 Å². The Morgan fingerprint density at radius 3 is 2.22 bits per heavy atom. The topological polar surface area (TPSA) is 67.9 Å². The molecule has 2 amide bonds. The summed E-state index contributed by atoms with van der Waals surface area (Å²) < 4.78 is 11.8. The molecule has 0 saturated heterocycles. The van der Waals surface area contributed by atoms with Crippen LogP contribution >= 0.6 is 22.6 Å². The molecule has 0 aliphatic carbocycles. The minimum Gasteiger partial charge on any atom is -0.497 e. The first-order chi connectivity index (χ1) is 12.9. The second-order valence-electron chi connectivity index (χ2n) is 5.90. The zero-order valence-electron chi connectivity index (χ0n) is 15.6. The van der Waals surface area contributed by atoms with Crippen LogP contribution < -0.4 is 14.8 Å². The molecule has 0 saturated carbocycles. The molecule has 0 spiro atoms. The Morgan fingerprint density at radius 2 is 1.67 bits per heavy atom. The number of carbonyl (C=O) groups is 2. The number of halogens is 1. The Balaban J connectivity index is 2.10. The molecule has 144 valence electrons. The van der Waals surface area contributed by atoms with Crippen molar-refractivity contribution in [2.75, 3.05) is 20.8 Å². The number of methoxy groups -OCH3 is 1. The van der Waals surface area contributed by atoms with Crippen LogP contribution in [-0.4, -0.2) is 43.5 Å². The summed E-state index contributed by atoms with van der Waals surface area (Å²) in [5.41, 5.74) is 0.897. The van der Waals surface area contributed by atoms with Crippen LogP contribution in [0.1, 0.15) is 12.5 Å². The van der Waals surface area contributed by atoms with Gasteiger partial charge >= 0.3 is 0 Å². The molecular weight excluding hydrogens is 459 g/mol. The third-order valence-electron chi connectivity index (χ3n) is 4.10. The van der Waals surface area contributed by atoms with E-state index in [4.69, 9.17) is 9.47 Å². The van der Waals surface area contributed by atoms with Crippen molar-refractivity contribution in [3.05, 3.63) is 57.7 Å². The van der Waals surface area contributed by atoms with Gasteiger partial charge < -0.3 is 19.7 Å². The normalized spacial score (nSPS) is 11.4. The van der Waals surface area contributed by atoms with Gasteiger partial charge in [-0.25, -0.2) is 0 Å². The summed E-state index contributed by atoms with van der Waals surface area (Å²) in [7, 11) is 3.15. The van der Waals surface area contributed by atoms with E-state index < -0.39 is 6.04 Å². The van der Waals surface area contributed by atoms with E-state index in [2.05, 4.69) is 27.9 Å². The molecule has 0 aromatic heterocycles. The van der Waals surface area contributed by atoms with Gasteiger partial charge in [-0.2, -0.15) is 0 Å². The fourth-order valence-corrected chi connectivity index (χ4v) is 2.84. The number of benzene rings is 2. The zero-order chi connectivity index (χ0) is 19.8. The van der Waals surface area contributed by atoms with Gasteiger partial charge in [0.2, 0.25) is 5.91 Å². The molecule has 0 unspecified atom stereocenters. The average molecular weight is 482 g/mol. The van der Waals surface area contributed by atoms with E-state index in [1.54, 1.807) is 21.1 Å². The summed E-state index contributed by atoms with van der Waals surface area (Å²) >= 11 is 2.20. The van der Waals surface area contributed by atoms with Gasteiger partial charge in [0.25, 0.3) is 5.91 Å². The summed E-state index contributed by atoms with van der Waals surface area (Å²) in [6, 6.07) is 14.2. The number of rotatable bonds is 8. The number of carbonyl (C=O) groups excluding carboxylic acids is 2. The molecule has 1 atom stereocenters. The van der Waals surface area contributed by atoms with Gasteiger partial charge in [0.15, 0.2) is 6.61 Å². The number of nitrogens with one attached hydrogen (secondary N) is 1. The van der Waals surface area contributed by atoms with Crippen LogP contribution in [0, 0.1) is 3.57 Å². The van der Waals surface area contributed by atoms with Crippen molar-refractivity contribution >= 4 is 34.4 Å². The molecule has 0 aliphatic heterocycles. The van der Waals surface area contributed by atoms with Crippen molar-refractivity contribution in [2.24, 2.45) is 0 Å². The molecule has 2 rings (SSSR count). The lowest BCUT2D eigenvalue weighted by Gasteiger charge is -2.28. The quantitative estimate of drug-likeness (QED) is 0.588. The molecule has 27 heavy (non-hydrogen) atoms. The Bertz CT molecular complexity index is 763. The van der Waals surface area contributed by atoms with Crippen molar-refractivity contribution in [3.8, 4) is 11.5 Å². The first-order valence-corrected chi connectivity index (χ1v) is 9.55. The predicted octanol–water partition coefficient (Wildman–Crippen LogP) is 2.84. The number of hydrogen-bond donors (Lipinski definition) is 1. The van der Waals surface area contributed by atoms with Gasteiger partial charge in [0, 0.05) is 17.2 Å². The molecule has 0 radical (unpaired) electrons. The third-order valence-corrected chi connectivity index (χ3v) is 4.82. The molecule has 0 fully saturated rings. The number of amides is 2. The highest BCUT2D eigenvalue weighted by molar-refractivity contribution is 14.1. The van der Waals surface area contributed by atoms with E-state index in [-0.39, 0.29) is 18.4 Å². The fourth-order valence-electron chi connectivity index (χ4n) is 2.48. The van der Waals surface area contributed by atoms with E-state index in [9.17, 15) is 9.59 Å². The van der Waals surface area contributed by atoms with E-state index >= 15 is 0 Å². The lowest BCUT2D eigenvalue weighted by atomic mass is 10.1. The molecule has 6 nitrogen and oxygen atoms in total. The number of hydrogen-bond acceptors (Lipinski definition) is 4. The van der Waals surface area contributed by atoms with Gasteiger partial charge in [-0.15, -0.1) is 0 Å². The van der Waals surface area contributed by atoms with Crippen molar-refractivity contribution in [3.63, 3.8) is 0 Å². The summed E-state index contributed by atoms with van der Waals surface area (Å²) in [5, 5.41) is 2.59. The van der Waals surface area contributed by atoms with Crippen LogP contribution in [0.2, 0.25) is 0 Å². The van der Waals surface area contributed by atoms with E-state index in [0.29, 0.717) is 12.3 Å². The zero-order valence-corrected chi connectivity index (χ0v) is 17.7. The van der Waals surface area contributed by atoms with Gasteiger partial charge in [-0.3, -0.25) is 9.59 Å². The van der Waals surface area contributed by atoms with Gasteiger partial charge in [-0.05, 0) is 71.5 Å². The van der Waals surface area contributed by atoms with Crippen molar-refractivity contribution < 1.29 is 19.1 Å². The molecule has 1 N–H and O–H groups in total. The summed E-state index contributed by atoms with van der Waals surface area (Å²) in [4.78, 5) is 26.4. The molecule has 0 aliphatic rings. The Kier molecular flexibility index (Phi) is 7.90. The van der Waals surface area contributed by atoms with Gasteiger partial charge in [0.1, 0.15) is 17.5 Å². The Labute approximate surface area is 173 Å². The largest absolute Gasteiger partial charge is 0.497 e. The van der Waals surface area contributed by atoms with Gasteiger partial charge in [0.05, 0.1) is 7.11 Å². The van der Waals surface area contributed by atoms with Crippen LogP contribution in [-0.2, 0) is 16.1 Å². The van der Waals surface area contributed by atoms with Crippen LogP contribution in [0.3, 0.4) is 0 Å². The second kappa shape index (κ2) is 10.1. The predicted molar refractivity (Wildman–Crippen MR) is 112 cm³/mol. The first-order valence-electron chi connectivity index (χ1n) is 8.47. The molecule has 2 aromatic rings. The smallest absolute Gasteiger partial charge is 0.261 e. The van der Waals surface area contributed by atoms with Crippen molar-refractivity contribution in [2.45, 2.75) is 19.5 Å². The van der Waals surface area contributed by atoms with E-state index in [1.165, 1.54) is 4.90 Å². The Hall–Kier alpha value is -2.29. The maximum Gasteiger partial charge on any atom is 0.261 e. The summed E-state index contributed by atoms with van der Waals surface area (Å²) in [6.45, 7) is 1.86. The maximum absolute atomic E-state index is 12.8. The highest BCUT2D eigenvalue weighted by Crippen LogP contribution is 2.16. The lowest BCUT2D eigenvalue weighted by molar-refractivity contribution is -0.142. The minimum absolute atomic E-state index is 0.141. The molecule has 0 heterocycles. The Morgan fingerprint density at radius 1 is 1.07 bits per heavy atom.